The first kappa shape index (κ1) is 15.4. The molecular formula is C18H29NO. The maximum Gasteiger partial charge on any atom is 0.119 e. The van der Waals surface area contributed by atoms with Gasteiger partial charge in [-0.3, -0.25) is 0 Å². The molecule has 1 aromatic carbocycles. The second-order valence-electron chi connectivity index (χ2n) is 6.48. The molecule has 1 aliphatic rings. The Morgan fingerprint density at radius 2 is 1.80 bits per heavy atom. The number of hydrogen-bond acceptors (Lipinski definition) is 2. The molecule has 20 heavy (non-hydrogen) atoms. The highest BCUT2D eigenvalue weighted by atomic mass is 16.5. The average Bonchev–Trinajstić information content (AvgIpc) is 2.97. The Morgan fingerprint density at radius 1 is 1.15 bits per heavy atom. The highest BCUT2D eigenvalue weighted by molar-refractivity contribution is 5.30. The van der Waals surface area contributed by atoms with E-state index >= 15 is 0 Å². The molecule has 1 unspecified atom stereocenters. The van der Waals surface area contributed by atoms with Gasteiger partial charge < -0.3 is 10.1 Å². The summed E-state index contributed by atoms with van der Waals surface area (Å²) in [5, 5.41) is 3.37. The molecule has 2 rings (SSSR count). The molecule has 1 N–H and O–H groups in total. The minimum atomic E-state index is 0.574. The largest absolute Gasteiger partial charge is 0.493 e. The van der Waals surface area contributed by atoms with Crippen LogP contribution in [0, 0.1) is 11.8 Å². The molecule has 0 heterocycles. The molecule has 0 radical (unpaired) electrons. The molecule has 1 aromatic rings. The number of likely N-dealkylation sites (N-methyl/N-ethyl adjacent to an activating group) is 1. The summed E-state index contributed by atoms with van der Waals surface area (Å²) in [5.74, 6) is 3.08. The lowest BCUT2D eigenvalue weighted by atomic mass is 9.85. The van der Waals surface area contributed by atoms with Gasteiger partial charge in [0.15, 0.2) is 0 Å². The summed E-state index contributed by atoms with van der Waals surface area (Å²) in [4.78, 5) is 0. The van der Waals surface area contributed by atoms with Gasteiger partial charge in [-0.15, -0.1) is 0 Å². The third kappa shape index (κ3) is 4.24. The molecule has 0 aliphatic heterocycles. The van der Waals surface area contributed by atoms with Gasteiger partial charge in [-0.2, -0.15) is 0 Å². The van der Waals surface area contributed by atoms with Crippen molar-refractivity contribution in [1.82, 2.24) is 5.32 Å². The minimum absolute atomic E-state index is 0.574. The highest BCUT2D eigenvalue weighted by Gasteiger charge is 2.25. The van der Waals surface area contributed by atoms with Crippen LogP contribution < -0.4 is 10.1 Å². The van der Waals surface area contributed by atoms with Gasteiger partial charge in [-0.05, 0) is 55.3 Å². The lowest BCUT2D eigenvalue weighted by Crippen LogP contribution is -2.22. The SMILES string of the molecule is CNCC(c1ccc(OCC(C)C)cc1)C1CCCC1. The number of ether oxygens (including phenoxy) is 1. The lowest BCUT2D eigenvalue weighted by molar-refractivity contribution is 0.271. The predicted molar refractivity (Wildman–Crippen MR) is 85.4 cm³/mol. The summed E-state index contributed by atoms with van der Waals surface area (Å²) < 4.78 is 5.77. The van der Waals surface area contributed by atoms with Crippen molar-refractivity contribution in [3.8, 4) is 5.75 Å². The zero-order valence-electron chi connectivity index (χ0n) is 13.2. The molecule has 0 saturated heterocycles. The number of nitrogens with one attached hydrogen (secondary N) is 1. The van der Waals surface area contributed by atoms with Crippen molar-refractivity contribution in [1.29, 1.82) is 0 Å². The van der Waals surface area contributed by atoms with E-state index in [1.54, 1.807) is 0 Å². The van der Waals surface area contributed by atoms with Crippen LogP contribution in [0.25, 0.3) is 0 Å². The maximum absolute atomic E-state index is 5.77. The van der Waals surface area contributed by atoms with Crippen molar-refractivity contribution in [3.63, 3.8) is 0 Å². The van der Waals surface area contributed by atoms with Gasteiger partial charge in [0, 0.05) is 6.54 Å². The highest BCUT2D eigenvalue weighted by Crippen LogP contribution is 2.37. The van der Waals surface area contributed by atoms with Crippen LogP contribution in [-0.2, 0) is 0 Å². The van der Waals surface area contributed by atoms with Gasteiger partial charge in [-0.25, -0.2) is 0 Å². The van der Waals surface area contributed by atoms with Crippen LogP contribution in [0.15, 0.2) is 24.3 Å². The molecule has 1 saturated carbocycles. The van der Waals surface area contributed by atoms with Gasteiger partial charge in [-0.1, -0.05) is 38.8 Å². The summed E-state index contributed by atoms with van der Waals surface area (Å²) in [7, 11) is 2.06. The Hall–Kier alpha value is -1.02. The van der Waals surface area contributed by atoms with E-state index in [1.165, 1.54) is 31.2 Å². The van der Waals surface area contributed by atoms with Crippen LogP contribution in [0.1, 0.15) is 51.0 Å². The third-order valence-electron chi connectivity index (χ3n) is 4.28. The van der Waals surface area contributed by atoms with Gasteiger partial charge in [0.05, 0.1) is 6.61 Å². The van der Waals surface area contributed by atoms with Gasteiger partial charge >= 0.3 is 0 Å². The smallest absolute Gasteiger partial charge is 0.119 e. The molecular weight excluding hydrogens is 246 g/mol. The molecule has 0 spiro atoms. The van der Waals surface area contributed by atoms with Crippen LogP contribution in [0.5, 0.6) is 5.75 Å². The summed E-state index contributed by atoms with van der Waals surface area (Å²) >= 11 is 0. The van der Waals surface area contributed by atoms with Crippen LogP contribution in [-0.4, -0.2) is 20.2 Å². The predicted octanol–water partition coefficient (Wildman–Crippen LogP) is 4.21. The first-order chi connectivity index (χ1) is 9.70. The Morgan fingerprint density at radius 3 is 2.35 bits per heavy atom. The summed E-state index contributed by atoms with van der Waals surface area (Å²) in [6.07, 6.45) is 5.58. The molecule has 1 atom stereocenters. The quantitative estimate of drug-likeness (QED) is 0.804. The molecule has 0 bridgehead atoms. The Kier molecular flexibility index (Phi) is 5.90. The van der Waals surface area contributed by atoms with E-state index in [1.807, 2.05) is 0 Å². The average molecular weight is 275 g/mol. The monoisotopic (exact) mass is 275 g/mol. The van der Waals surface area contributed by atoms with E-state index in [0.29, 0.717) is 11.8 Å². The van der Waals surface area contributed by atoms with Crippen molar-refractivity contribution in [3.05, 3.63) is 29.8 Å². The van der Waals surface area contributed by atoms with Crippen LogP contribution in [0.3, 0.4) is 0 Å². The van der Waals surface area contributed by atoms with Crippen molar-refractivity contribution < 1.29 is 4.74 Å². The number of benzene rings is 1. The second-order valence-corrected chi connectivity index (χ2v) is 6.48. The number of hydrogen-bond donors (Lipinski definition) is 1. The van der Waals surface area contributed by atoms with Crippen LogP contribution in [0.2, 0.25) is 0 Å². The Bertz CT molecular complexity index is 379. The zero-order valence-corrected chi connectivity index (χ0v) is 13.2. The first-order valence-electron chi connectivity index (χ1n) is 8.08. The van der Waals surface area contributed by atoms with E-state index in [2.05, 4.69) is 50.5 Å². The van der Waals surface area contributed by atoms with E-state index in [0.717, 1.165) is 24.8 Å². The van der Waals surface area contributed by atoms with Crippen molar-refractivity contribution in [2.75, 3.05) is 20.2 Å². The summed E-state index contributed by atoms with van der Waals surface area (Å²) in [6.45, 7) is 6.23. The molecule has 1 aliphatic carbocycles. The number of rotatable bonds is 7. The summed E-state index contributed by atoms with van der Waals surface area (Å²) in [6, 6.07) is 8.79. The van der Waals surface area contributed by atoms with Crippen LogP contribution in [0.4, 0.5) is 0 Å². The Labute approximate surface area is 123 Å². The van der Waals surface area contributed by atoms with Gasteiger partial charge in [0.25, 0.3) is 0 Å². The van der Waals surface area contributed by atoms with E-state index in [4.69, 9.17) is 4.74 Å². The zero-order chi connectivity index (χ0) is 14.4. The third-order valence-corrected chi connectivity index (χ3v) is 4.28. The van der Waals surface area contributed by atoms with Crippen LogP contribution >= 0.6 is 0 Å². The first-order valence-corrected chi connectivity index (χ1v) is 8.08. The van der Waals surface area contributed by atoms with Crippen molar-refractivity contribution in [2.45, 2.75) is 45.4 Å². The Balaban J connectivity index is 2.01. The fourth-order valence-corrected chi connectivity index (χ4v) is 3.21. The molecule has 112 valence electrons. The second kappa shape index (κ2) is 7.68. The fraction of sp³-hybridized carbons (Fsp3) is 0.667. The minimum Gasteiger partial charge on any atom is -0.493 e. The molecule has 2 nitrogen and oxygen atoms in total. The molecule has 0 aromatic heterocycles. The van der Waals surface area contributed by atoms with E-state index < -0.39 is 0 Å². The topological polar surface area (TPSA) is 21.3 Å². The fourth-order valence-electron chi connectivity index (χ4n) is 3.21. The molecule has 2 heteroatoms. The van der Waals surface area contributed by atoms with E-state index in [-0.39, 0.29) is 0 Å². The standard InChI is InChI=1S/C18H29NO/c1-14(2)13-20-17-10-8-16(9-11-17)18(12-19-3)15-6-4-5-7-15/h8-11,14-15,18-19H,4-7,12-13H2,1-3H3. The lowest BCUT2D eigenvalue weighted by Gasteiger charge is -2.24. The molecule has 1 fully saturated rings. The summed E-state index contributed by atoms with van der Waals surface area (Å²) in [5.41, 5.74) is 1.46. The van der Waals surface area contributed by atoms with Crippen molar-refractivity contribution >= 4 is 0 Å². The maximum atomic E-state index is 5.77. The van der Waals surface area contributed by atoms with Gasteiger partial charge in [0.1, 0.15) is 5.75 Å². The molecule has 0 amide bonds. The van der Waals surface area contributed by atoms with Crippen molar-refractivity contribution in [2.24, 2.45) is 11.8 Å². The van der Waals surface area contributed by atoms with E-state index in [9.17, 15) is 0 Å². The van der Waals surface area contributed by atoms with Gasteiger partial charge in [0.2, 0.25) is 0 Å². The normalized spacial score (nSPS) is 17.6.